The van der Waals surface area contributed by atoms with Gasteiger partial charge in [-0.15, -0.1) is 0 Å². The second-order valence-corrected chi connectivity index (χ2v) is 4.42. The maximum absolute atomic E-state index is 13.3. The third-order valence-corrected chi connectivity index (χ3v) is 3.09. The summed E-state index contributed by atoms with van der Waals surface area (Å²) in [5.41, 5.74) is 0.623. The van der Waals surface area contributed by atoms with Gasteiger partial charge in [-0.1, -0.05) is 0 Å². The Morgan fingerprint density at radius 1 is 1.56 bits per heavy atom. The molecule has 0 bridgehead atoms. The van der Waals surface area contributed by atoms with Crippen LogP contribution in [0.2, 0.25) is 0 Å². The van der Waals surface area contributed by atoms with Gasteiger partial charge < -0.3 is 9.72 Å². The number of hydrogen-bond acceptors (Lipinski definition) is 3. The maximum atomic E-state index is 13.3. The van der Waals surface area contributed by atoms with Crippen molar-refractivity contribution in [3.05, 3.63) is 33.7 Å². The molecule has 1 aromatic carbocycles. The van der Waals surface area contributed by atoms with E-state index < -0.39 is 11.8 Å². The van der Waals surface area contributed by atoms with E-state index in [0.717, 1.165) is 0 Å². The van der Waals surface area contributed by atoms with Crippen LogP contribution < -0.4 is 0 Å². The summed E-state index contributed by atoms with van der Waals surface area (Å²) in [5.74, 6) is -1.13. The van der Waals surface area contributed by atoms with E-state index in [2.05, 4.69) is 20.9 Å². The molecule has 0 unspecified atom stereocenters. The number of aldehydes is 1. The molecular formula is C12H9BrFNO3. The van der Waals surface area contributed by atoms with Gasteiger partial charge in [0.15, 0.2) is 6.29 Å². The van der Waals surface area contributed by atoms with E-state index in [0.29, 0.717) is 21.7 Å². The highest BCUT2D eigenvalue weighted by Gasteiger charge is 2.20. The molecule has 18 heavy (non-hydrogen) atoms. The number of nitrogens with one attached hydrogen (secondary N) is 1. The quantitative estimate of drug-likeness (QED) is 0.700. The normalized spacial score (nSPS) is 10.6. The van der Waals surface area contributed by atoms with Crippen molar-refractivity contribution >= 4 is 39.1 Å². The van der Waals surface area contributed by atoms with Crippen molar-refractivity contribution < 1.29 is 18.7 Å². The van der Waals surface area contributed by atoms with E-state index in [1.165, 1.54) is 12.1 Å². The molecule has 0 aliphatic carbocycles. The fourth-order valence-corrected chi connectivity index (χ4v) is 2.26. The van der Waals surface area contributed by atoms with E-state index in [-0.39, 0.29) is 17.9 Å². The van der Waals surface area contributed by atoms with Crippen molar-refractivity contribution in [3.8, 4) is 0 Å². The van der Waals surface area contributed by atoms with Crippen molar-refractivity contribution in [1.82, 2.24) is 4.98 Å². The molecule has 2 rings (SSSR count). The highest BCUT2D eigenvalue weighted by atomic mass is 79.9. The van der Waals surface area contributed by atoms with Crippen molar-refractivity contribution in [1.29, 1.82) is 0 Å². The monoisotopic (exact) mass is 313 g/mol. The van der Waals surface area contributed by atoms with Crippen molar-refractivity contribution in [2.45, 2.75) is 6.92 Å². The minimum absolute atomic E-state index is 0.0353. The summed E-state index contributed by atoms with van der Waals surface area (Å²) in [5, 5.41) is 0.347. The number of esters is 1. The minimum atomic E-state index is -0.636. The first-order valence-electron chi connectivity index (χ1n) is 5.21. The Bertz CT molecular complexity index is 636. The van der Waals surface area contributed by atoms with Crippen LogP contribution >= 0.6 is 15.9 Å². The number of aromatic amines is 1. The second-order valence-electron chi connectivity index (χ2n) is 3.56. The summed E-state index contributed by atoms with van der Waals surface area (Å²) in [6, 6.07) is 2.45. The minimum Gasteiger partial charge on any atom is -0.461 e. The molecule has 0 atom stereocenters. The number of rotatable bonds is 3. The predicted octanol–water partition coefficient (Wildman–Crippen LogP) is 3.06. The Labute approximate surface area is 110 Å². The lowest BCUT2D eigenvalue weighted by molar-refractivity contribution is 0.0518. The first-order chi connectivity index (χ1) is 8.58. The molecule has 1 N–H and O–H groups in total. The van der Waals surface area contributed by atoms with Gasteiger partial charge in [0.1, 0.15) is 11.5 Å². The Morgan fingerprint density at radius 2 is 2.28 bits per heavy atom. The first kappa shape index (κ1) is 12.8. The third-order valence-electron chi connectivity index (χ3n) is 2.46. The molecule has 0 fully saturated rings. The largest absolute Gasteiger partial charge is 0.461 e. The Morgan fingerprint density at radius 3 is 2.89 bits per heavy atom. The van der Waals surface area contributed by atoms with Crippen LogP contribution in [0.1, 0.15) is 27.8 Å². The summed E-state index contributed by atoms with van der Waals surface area (Å²) in [6.07, 6.45) is 0.511. The zero-order valence-corrected chi connectivity index (χ0v) is 11.0. The molecule has 0 amide bonds. The molecule has 0 spiro atoms. The molecule has 0 saturated carbocycles. The highest BCUT2D eigenvalue weighted by Crippen LogP contribution is 2.29. The maximum Gasteiger partial charge on any atom is 0.355 e. The molecular weight excluding hydrogens is 305 g/mol. The first-order valence-corrected chi connectivity index (χ1v) is 6.00. The zero-order valence-electron chi connectivity index (χ0n) is 9.42. The number of H-pyrrole nitrogens is 1. The van der Waals surface area contributed by atoms with Gasteiger partial charge in [-0.2, -0.15) is 0 Å². The number of benzene rings is 1. The van der Waals surface area contributed by atoms with Crippen LogP contribution in [0, 0.1) is 5.82 Å². The predicted molar refractivity (Wildman–Crippen MR) is 67.3 cm³/mol. The number of carbonyl (C=O) groups is 2. The van der Waals surface area contributed by atoms with E-state index in [4.69, 9.17) is 4.74 Å². The smallest absolute Gasteiger partial charge is 0.355 e. The number of halogens is 2. The average Bonchev–Trinajstić information content (AvgIpc) is 2.68. The zero-order chi connectivity index (χ0) is 13.3. The molecule has 94 valence electrons. The summed E-state index contributed by atoms with van der Waals surface area (Å²) < 4.78 is 18.6. The summed E-state index contributed by atoms with van der Waals surface area (Å²) in [4.78, 5) is 25.5. The van der Waals surface area contributed by atoms with Gasteiger partial charge in [0, 0.05) is 9.86 Å². The number of hydrogen-bond donors (Lipinski definition) is 1. The fraction of sp³-hybridized carbons (Fsp3) is 0.167. The van der Waals surface area contributed by atoms with Gasteiger partial charge in [-0.25, -0.2) is 9.18 Å². The Kier molecular flexibility index (Phi) is 3.47. The lowest BCUT2D eigenvalue weighted by Gasteiger charge is -1.98. The standard InChI is InChI=1S/C12H9BrFNO3/c1-2-18-12(17)11-8(5-16)7-3-6(14)4-9(13)10(7)15-11/h3-5,15H,2H2,1H3. The van der Waals surface area contributed by atoms with Gasteiger partial charge in [-0.3, -0.25) is 4.79 Å². The van der Waals surface area contributed by atoms with Gasteiger partial charge >= 0.3 is 5.97 Å². The third kappa shape index (κ3) is 2.03. The van der Waals surface area contributed by atoms with E-state index in [1.54, 1.807) is 6.92 Å². The number of fused-ring (bicyclic) bond motifs is 1. The van der Waals surface area contributed by atoms with Crippen LogP contribution in [0.5, 0.6) is 0 Å². The lowest BCUT2D eigenvalue weighted by Crippen LogP contribution is -2.07. The second kappa shape index (κ2) is 4.89. The van der Waals surface area contributed by atoms with Gasteiger partial charge in [0.05, 0.1) is 17.7 Å². The van der Waals surface area contributed by atoms with E-state index in [9.17, 15) is 14.0 Å². The number of ether oxygens (including phenoxy) is 1. The van der Waals surface area contributed by atoms with E-state index in [1.807, 2.05) is 0 Å². The summed E-state index contributed by atoms with van der Waals surface area (Å²) in [7, 11) is 0. The van der Waals surface area contributed by atoms with Crippen LogP contribution in [0.15, 0.2) is 16.6 Å². The van der Waals surface area contributed by atoms with Crippen LogP contribution in [0.3, 0.4) is 0 Å². The Balaban J connectivity index is 2.72. The molecule has 1 heterocycles. The molecule has 4 nitrogen and oxygen atoms in total. The van der Waals surface area contributed by atoms with Crippen LogP contribution in [0.4, 0.5) is 4.39 Å². The molecule has 0 aliphatic heterocycles. The molecule has 0 saturated heterocycles. The lowest BCUT2D eigenvalue weighted by atomic mass is 10.1. The molecule has 2 aromatic rings. The summed E-state index contributed by atoms with van der Waals surface area (Å²) >= 11 is 3.17. The molecule has 0 radical (unpaired) electrons. The topological polar surface area (TPSA) is 59.2 Å². The van der Waals surface area contributed by atoms with Crippen molar-refractivity contribution in [2.24, 2.45) is 0 Å². The highest BCUT2D eigenvalue weighted by molar-refractivity contribution is 9.10. The van der Waals surface area contributed by atoms with Crippen LogP contribution in [0.25, 0.3) is 10.9 Å². The van der Waals surface area contributed by atoms with Gasteiger partial charge in [0.25, 0.3) is 0 Å². The fourth-order valence-electron chi connectivity index (χ4n) is 1.73. The van der Waals surface area contributed by atoms with Crippen molar-refractivity contribution in [2.75, 3.05) is 6.61 Å². The van der Waals surface area contributed by atoms with Crippen LogP contribution in [-0.4, -0.2) is 23.8 Å². The molecule has 0 aliphatic rings. The average molecular weight is 314 g/mol. The van der Waals surface area contributed by atoms with Crippen LogP contribution in [-0.2, 0) is 4.74 Å². The van der Waals surface area contributed by atoms with Gasteiger partial charge in [0.2, 0.25) is 0 Å². The number of carbonyl (C=O) groups excluding carboxylic acids is 2. The number of aromatic nitrogens is 1. The summed E-state index contributed by atoms with van der Waals surface area (Å²) in [6.45, 7) is 1.86. The van der Waals surface area contributed by atoms with Gasteiger partial charge in [-0.05, 0) is 35.0 Å². The SMILES string of the molecule is CCOC(=O)c1[nH]c2c(Br)cc(F)cc2c1C=O. The van der Waals surface area contributed by atoms with Crippen molar-refractivity contribution in [3.63, 3.8) is 0 Å². The van der Waals surface area contributed by atoms with E-state index >= 15 is 0 Å². The molecule has 1 aromatic heterocycles. The Hall–Kier alpha value is -1.69. The molecule has 6 heteroatoms.